The molecule has 3 nitrogen and oxygen atoms in total. The highest BCUT2D eigenvalue weighted by atomic mass is 16.6. The molecule has 21 heavy (non-hydrogen) atoms. The van der Waals surface area contributed by atoms with Gasteiger partial charge in [0.25, 0.3) is 0 Å². The Balaban J connectivity index is 2.45. The average molecular weight is 294 g/mol. The molecule has 0 aromatic carbocycles. The number of hydrogen-bond donors (Lipinski definition) is 0. The standard InChI is InChI=1S/C18H30O3/c1-3-5-7-8-9-11-13-15(12-10-6-4-2)16-14-17(19)21-18(16)20/h11,13,15-16H,3-10,12,14H2,1-2H3/b13-11+. The molecule has 0 radical (unpaired) electrons. The maximum atomic E-state index is 11.8. The Morgan fingerprint density at radius 1 is 1.10 bits per heavy atom. The molecule has 0 bridgehead atoms. The summed E-state index contributed by atoms with van der Waals surface area (Å²) in [6.45, 7) is 4.38. The zero-order valence-corrected chi connectivity index (χ0v) is 13.6. The fourth-order valence-electron chi connectivity index (χ4n) is 2.84. The van der Waals surface area contributed by atoms with Crippen LogP contribution in [0.3, 0.4) is 0 Å². The van der Waals surface area contributed by atoms with Crippen LogP contribution in [0.1, 0.15) is 78.1 Å². The van der Waals surface area contributed by atoms with Crippen molar-refractivity contribution in [2.24, 2.45) is 11.8 Å². The molecular formula is C18H30O3. The van der Waals surface area contributed by atoms with Crippen LogP contribution in [0, 0.1) is 11.8 Å². The molecule has 0 spiro atoms. The lowest BCUT2D eigenvalue weighted by molar-refractivity contribution is -0.153. The number of cyclic esters (lactones) is 2. The second-order valence-electron chi connectivity index (χ2n) is 6.04. The highest BCUT2D eigenvalue weighted by Crippen LogP contribution is 2.29. The molecule has 1 rings (SSSR count). The quantitative estimate of drug-likeness (QED) is 0.238. The predicted octanol–water partition coefficient (Wildman–Crippen LogP) is 4.80. The summed E-state index contributed by atoms with van der Waals surface area (Å²) in [6.07, 6.45) is 15.1. The van der Waals surface area contributed by atoms with E-state index in [-0.39, 0.29) is 30.2 Å². The van der Waals surface area contributed by atoms with Gasteiger partial charge in [-0.15, -0.1) is 0 Å². The molecule has 0 aliphatic carbocycles. The molecule has 0 aromatic heterocycles. The largest absolute Gasteiger partial charge is 0.393 e. The second-order valence-corrected chi connectivity index (χ2v) is 6.04. The van der Waals surface area contributed by atoms with Crippen molar-refractivity contribution in [2.75, 3.05) is 0 Å². The first-order chi connectivity index (χ1) is 10.2. The van der Waals surface area contributed by atoms with E-state index >= 15 is 0 Å². The molecule has 0 aromatic rings. The first kappa shape index (κ1) is 17.9. The van der Waals surface area contributed by atoms with Crippen molar-refractivity contribution in [3.05, 3.63) is 12.2 Å². The molecular weight excluding hydrogens is 264 g/mol. The molecule has 0 N–H and O–H groups in total. The lowest BCUT2D eigenvalue weighted by Crippen LogP contribution is -2.18. The molecule has 0 amide bonds. The Kier molecular flexibility index (Phi) is 9.04. The maximum absolute atomic E-state index is 11.8. The van der Waals surface area contributed by atoms with Gasteiger partial charge in [-0.25, -0.2) is 0 Å². The first-order valence-electron chi connectivity index (χ1n) is 8.60. The van der Waals surface area contributed by atoms with Crippen molar-refractivity contribution in [2.45, 2.75) is 78.1 Å². The fraction of sp³-hybridized carbons (Fsp3) is 0.778. The second kappa shape index (κ2) is 10.6. The summed E-state index contributed by atoms with van der Waals surface area (Å²) in [5.41, 5.74) is 0. The van der Waals surface area contributed by atoms with Gasteiger partial charge in [0.2, 0.25) is 0 Å². The fourth-order valence-corrected chi connectivity index (χ4v) is 2.84. The van der Waals surface area contributed by atoms with Crippen LogP contribution in [-0.2, 0) is 14.3 Å². The summed E-state index contributed by atoms with van der Waals surface area (Å²) >= 11 is 0. The Bertz CT molecular complexity index is 346. The van der Waals surface area contributed by atoms with Gasteiger partial charge in [-0.1, -0.05) is 64.5 Å². The van der Waals surface area contributed by atoms with Crippen LogP contribution < -0.4 is 0 Å². The topological polar surface area (TPSA) is 43.4 Å². The van der Waals surface area contributed by atoms with Crippen LogP contribution >= 0.6 is 0 Å². The van der Waals surface area contributed by atoms with Crippen LogP contribution in [-0.4, -0.2) is 11.9 Å². The van der Waals surface area contributed by atoms with Crippen LogP contribution in [0.4, 0.5) is 0 Å². The van der Waals surface area contributed by atoms with E-state index in [2.05, 4.69) is 26.0 Å². The van der Waals surface area contributed by atoms with E-state index in [0.717, 1.165) is 19.3 Å². The molecule has 1 fully saturated rings. The number of carbonyl (C=O) groups excluding carboxylic acids is 2. The molecule has 3 heteroatoms. The minimum atomic E-state index is -0.359. The van der Waals surface area contributed by atoms with Gasteiger partial charge in [0.15, 0.2) is 0 Å². The summed E-state index contributed by atoms with van der Waals surface area (Å²) < 4.78 is 4.71. The average Bonchev–Trinajstić information content (AvgIpc) is 2.79. The number of allylic oxidation sites excluding steroid dienone is 2. The lowest BCUT2D eigenvalue weighted by Gasteiger charge is -2.16. The van der Waals surface area contributed by atoms with Crippen molar-refractivity contribution < 1.29 is 14.3 Å². The highest BCUT2D eigenvalue weighted by molar-refractivity contribution is 5.94. The molecule has 0 saturated carbocycles. The van der Waals surface area contributed by atoms with E-state index in [4.69, 9.17) is 4.74 Å². The van der Waals surface area contributed by atoms with E-state index in [9.17, 15) is 9.59 Å². The number of hydrogen-bond acceptors (Lipinski definition) is 3. The summed E-state index contributed by atoms with van der Waals surface area (Å²) in [7, 11) is 0. The third kappa shape index (κ3) is 6.92. The Hall–Kier alpha value is -1.12. The van der Waals surface area contributed by atoms with Gasteiger partial charge in [0.1, 0.15) is 0 Å². The number of esters is 2. The van der Waals surface area contributed by atoms with Crippen LogP contribution in [0.5, 0.6) is 0 Å². The third-order valence-electron chi connectivity index (χ3n) is 4.17. The lowest BCUT2D eigenvalue weighted by atomic mass is 9.86. The smallest absolute Gasteiger partial charge is 0.317 e. The van der Waals surface area contributed by atoms with Crippen LogP contribution in [0.15, 0.2) is 12.2 Å². The van der Waals surface area contributed by atoms with E-state index in [1.54, 1.807) is 0 Å². The van der Waals surface area contributed by atoms with Gasteiger partial charge in [-0.3, -0.25) is 9.59 Å². The SMILES string of the molecule is CCCCCC/C=C/C(CCCCC)C1CC(=O)OC1=O. The molecule has 120 valence electrons. The summed E-state index contributed by atoms with van der Waals surface area (Å²) in [5, 5.41) is 0. The summed E-state index contributed by atoms with van der Waals surface area (Å²) in [5.74, 6) is -0.762. The van der Waals surface area contributed by atoms with Crippen molar-refractivity contribution in [3.8, 4) is 0 Å². The molecule has 1 aliphatic heterocycles. The van der Waals surface area contributed by atoms with Crippen molar-refractivity contribution >= 4 is 11.9 Å². The Labute approximate surface area is 129 Å². The van der Waals surface area contributed by atoms with E-state index < -0.39 is 0 Å². The van der Waals surface area contributed by atoms with Crippen LogP contribution in [0.25, 0.3) is 0 Å². The molecule has 1 aliphatic rings. The number of unbranched alkanes of at least 4 members (excludes halogenated alkanes) is 6. The minimum absolute atomic E-state index is 0.168. The van der Waals surface area contributed by atoms with E-state index in [1.807, 2.05) is 0 Å². The molecule has 1 saturated heterocycles. The first-order valence-corrected chi connectivity index (χ1v) is 8.60. The van der Waals surface area contributed by atoms with E-state index in [1.165, 1.54) is 38.5 Å². The zero-order chi connectivity index (χ0) is 15.5. The molecule has 2 atom stereocenters. The van der Waals surface area contributed by atoms with Gasteiger partial charge in [0.05, 0.1) is 12.3 Å². The number of rotatable bonds is 11. The van der Waals surface area contributed by atoms with Crippen LogP contribution in [0.2, 0.25) is 0 Å². The monoisotopic (exact) mass is 294 g/mol. The zero-order valence-electron chi connectivity index (χ0n) is 13.6. The van der Waals surface area contributed by atoms with Crippen molar-refractivity contribution in [1.29, 1.82) is 0 Å². The summed E-state index contributed by atoms with van der Waals surface area (Å²) in [6, 6.07) is 0. The normalized spacial score (nSPS) is 20.2. The maximum Gasteiger partial charge on any atom is 0.317 e. The van der Waals surface area contributed by atoms with Gasteiger partial charge >= 0.3 is 11.9 Å². The summed E-state index contributed by atoms with van der Waals surface area (Å²) in [4.78, 5) is 23.0. The predicted molar refractivity (Wildman–Crippen MR) is 84.7 cm³/mol. The Morgan fingerprint density at radius 2 is 1.81 bits per heavy atom. The Morgan fingerprint density at radius 3 is 2.43 bits per heavy atom. The van der Waals surface area contributed by atoms with Gasteiger partial charge in [-0.2, -0.15) is 0 Å². The molecule has 1 heterocycles. The van der Waals surface area contributed by atoms with E-state index in [0.29, 0.717) is 0 Å². The highest BCUT2D eigenvalue weighted by Gasteiger charge is 2.37. The number of carbonyl (C=O) groups is 2. The van der Waals surface area contributed by atoms with Gasteiger partial charge < -0.3 is 4.74 Å². The van der Waals surface area contributed by atoms with Crippen molar-refractivity contribution in [3.63, 3.8) is 0 Å². The minimum Gasteiger partial charge on any atom is -0.393 e. The third-order valence-corrected chi connectivity index (χ3v) is 4.17. The number of ether oxygens (including phenoxy) is 1. The molecule has 2 unspecified atom stereocenters. The van der Waals surface area contributed by atoms with Gasteiger partial charge in [0, 0.05) is 0 Å². The van der Waals surface area contributed by atoms with Crippen molar-refractivity contribution in [1.82, 2.24) is 0 Å². The van der Waals surface area contributed by atoms with Gasteiger partial charge in [-0.05, 0) is 25.2 Å².